The Morgan fingerprint density at radius 2 is 2.12 bits per heavy atom. The molecule has 0 bridgehead atoms. The summed E-state index contributed by atoms with van der Waals surface area (Å²) in [6.45, 7) is 3.06. The molecule has 0 fully saturated rings. The van der Waals surface area contributed by atoms with Crippen LogP contribution in [0.5, 0.6) is 0 Å². The first kappa shape index (κ1) is 7.61. The van der Waals surface area contributed by atoms with Crippen molar-refractivity contribution >= 4 is 10.1 Å². The van der Waals surface area contributed by atoms with E-state index in [1.807, 2.05) is 0 Å². The van der Waals surface area contributed by atoms with E-state index in [1.165, 1.54) is 0 Å². The van der Waals surface area contributed by atoms with Crippen LogP contribution in [0.2, 0.25) is 0 Å². The maximum atomic E-state index is 9.92. The average Bonchev–Trinajstić information content (AvgIpc) is 1.62. The summed E-state index contributed by atoms with van der Waals surface area (Å²) in [5.74, 6) is 0. The molecule has 4 nitrogen and oxygen atoms in total. The Morgan fingerprint density at radius 3 is 2.12 bits per heavy atom. The largest absolute Gasteiger partial charge is 0.310 e. The van der Waals surface area contributed by atoms with Crippen LogP contribution in [0.15, 0.2) is 12.7 Å². The summed E-state index contributed by atoms with van der Waals surface area (Å²) in [6, 6.07) is 0. The Labute approximate surface area is 47.7 Å². The van der Waals surface area contributed by atoms with Crippen molar-refractivity contribution in [2.45, 2.75) is 5.37 Å². The lowest BCUT2D eigenvalue weighted by atomic mass is 10.7. The number of hydrogen-bond donors (Lipinski definition) is 2. The first-order valence-corrected chi connectivity index (χ1v) is 3.33. The number of rotatable bonds is 2. The van der Waals surface area contributed by atoms with Crippen molar-refractivity contribution in [1.82, 2.24) is 0 Å². The number of hydrogen-bond acceptors (Lipinski definition) is 3. The fourth-order valence-electron chi connectivity index (χ4n) is 0.122. The topological polar surface area (TPSA) is 80.4 Å². The van der Waals surface area contributed by atoms with Crippen molar-refractivity contribution in [3.8, 4) is 0 Å². The zero-order valence-electron chi connectivity index (χ0n) is 4.11. The van der Waals surface area contributed by atoms with Gasteiger partial charge in [-0.1, -0.05) is 6.08 Å². The monoisotopic (exact) mass is 137 g/mol. The molecular formula is C3H7NO3S. The summed E-state index contributed by atoms with van der Waals surface area (Å²) in [6.07, 6.45) is 0.940. The second-order valence-corrected chi connectivity index (χ2v) is 2.79. The molecule has 0 amide bonds. The highest BCUT2D eigenvalue weighted by Crippen LogP contribution is 1.88. The molecule has 3 N–H and O–H groups in total. The van der Waals surface area contributed by atoms with Crippen LogP contribution in [0.25, 0.3) is 0 Å². The standard InChI is InChI=1S/C3H7NO3S/c1-2-3(4)8(5,6)7/h2-3H,1,4H2,(H,5,6,7). The first-order chi connectivity index (χ1) is 3.48. The predicted molar refractivity (Wildman–Crippen MR) is 29.7 cm³/mol. The minimum absolute atomic E-state index is 0.940. The van der Waals surface area contributed by atoms with Crippen LogP contribution in [0.1, 0.15) is 0 Å². The van der Waals surface area contributed by atoms with E-state index < -0.39 is 15.5 Å². The summed E-state index contributed by atoms with van der Waals surface area (Å²) < 4.78 is 27.9. The SMILES string of the molecule is C=CC(N)S(=O)(=O)O. The summed E-state index contributed by atoms with van der Waals surface area (Å²) in [5.41, 5.74) is 4.79. The van der Waals surface area contributed by atoms with E-state index in [9.17, 15) is 8.42 Å². The van der Waals surface area contributed by atoms with Crippen LogP contribution in [0, 0.1) is 0 Å². The molecule has 0 aromatic heterocycles. The molecule has 8 heavy (non-hydrogen) atoms. The summed E-state index contributed by atoms with van der Waals surface area (Å²) >= 11 is 0. The van der Waals surface area contributed by atoms with Crippen LogP contribution in [0.3, 0.4) is 0 Å². The summed E-state index contributed by atoms with van der Waals surface area (Å²) in [4.78, 5) is 0. The molecule has 0 saturated heterocycles. The van der Waals surface area contributed by atoms with E-state index in [-0.39, 0.29) is 0 Å². The fraction of sp³-hybridized carbons (Fsp3) is 0.333. The van der Waals surface area contributed by atoms with Gasteiger partial charge in [0.25, 0.3) is 10.1 Å². The smallest absolute Gasteiger partial charge is 0.284 e. The Hall–Kier alpha value is -0.390. The molecular weight excluding hydrogens is 130 g/mol. The van der Waals surface area contributed by atoms with Crippen LogP contribution in [0.4, 0.5) is 0 Å². The Morgan fingerprint density at radius 1 is 1.75 bits per heavy atom. The Balaban J connectivity index is 4.26. The normalized spacial score (nSPS) is 15.2. The van der Waals surface area contributed by atoms with Gasteiger partial charge in [-0.15, -0.1) is 6.58 Å². The molecule has 1 atom stereocenters. The quantitative estimate of drug-likeness (QED) is 0.391. The average molecular weight is 137 g/mol. The van der Waals surface area contributed by atoms with Gasteiger partial charge in [0.15, 0.2) is 5.37 Å². The van der Waals surface area contributed by atoms with Crippen molar-refractivity contribution in [3.05, 3.63) is 12.7 Å². The molecule has 0 aliphatic rings. The molecule has 0 heterocycles. The Bertz CT molecular complexity index is 171. The van der Waals surface area contributed by atoms with Crippen LogP contribution < -0.4 is 5.73 Å². The molecule has 0 aromatic rings. The van der Waals surface area contributed by atoms with Gasteiger partial charge in [-0.3, -0.25) is 4.55 Å². The second-order valence-electron chi connectivity index (χ2n) is 1.22. The zero-order chi connectivity index (χ0) is 6.78. The third-order valence-electron chi connectivity index (χ3n) is 0.576. The lowest BCUT2D eigenvalue weighted by Crippen LogP contribution is -2.26. The van der Waals surface area contributed by atoms with Gasteiger partial charge >= 0.3 is 0 Å². The summed E-state index contributed by atoms with van der Waals surface area (Å²) in [7, 11) is -4.09. The van der Waals surface area contributed by atoms with Crippen LogP contribution >= 0.6 is 0 Å². The van der Waals surface area contributed by atoms with Gasteiger partial charge < -0.3 is 5.73 Å². The van der Waals surface area contributed by atoms with Crippen molar-refractivity contribution in [2.75, 3.05) is 0 Å². The first-order valence-electron chi connectivity index (χ1n) is 1.83. The molecule has 48 valence electrons. The fourth-order valence-corrected chi connectivity index (χ4v) is 0.365. The van der Waals surface area contributed by atoms with Crippen LogP contribution in [-0.4, -0.2) is 18.3 Å². The van der Waals surface area contributed by atoms with E-state index >= 15 is 0 Å². The van der Waals surface area contributed by atoms with Crippen molar-refractivity contribution < 1.29 is 13.0 Å². The van der Waals surface area contributed by atoms with Crippen molar-refractivity contribution in [2.24, 2.45) is 5.73 Å². The van der Waals surface area contributed by atoms with Gasteiger partial charge in [-0.05, 0) is 0 Å². The van der Waals surface area contributed by atoms with Crippen molar-refractivity contribution in [1.29, 1.82) is 0 Å². The van der Waals surface area contributed by atoms with Gasteiger partial charge in [0.05, 0.1) is 0 Å². The molecule has 0 saturated carbocycles. The predicted octanol–water partition coefficient (Wildman–Crippen LogP) is -0.655. The zero-order valence-corrected chi connectivity index (χ0v) is 4.93. The highest BCUT2D eigenvalue weighted by molar-refractivity contribution is 7.86. The molecule has 5 heteroatoms. The van der Waals surface area contributed by atoms with E-state index in [0.717, 1.165) is 6.08 Å². The van der Waals surface area contributed by atoms with Gasteiger partial charge in [-0.25, -0.2) is 0 Å². The van der Waals surface area contributed by atoms with Gasteiger partial charge in [-0.2, -0.15) is 8.42 Å². The van der Waals surface area contributed by atoms with Crippen LogP contribution in [-0.2, 0) is 10.1 Å². The maximum absolute atomic E-state index is 9.92. The molecule has 0 spiro atoms. The second kappa shape index (κ2) is 2.25. The third kappa shape index (κ3) is 2.06. The van der Waals surface area contributed by atoms with E-state index in [0.29, 0.717) is 0 Å². The minimum atomic E-state index is -4.09. The van der Waals surface area contributed by atoms with Gasteiger partial charge in [0.1, 0.15) is 0 Å². The molecule has 0 radical (unpaired) electrons. The van der Waals surface area contributed by atoms with Gasteiger partial charge in [0, 0.05) is 0 Å². The maximum Gasteiger partial charge on any atom is 0.284 e. The highest BCUT2D eigenvalue weighted by Gasteiger charge is 2.11. The molecule has 0 aliphatic carbocycles. The molecule has 0 aliphatic heterocycles. The van der Waals surface area contributed by atoms with Gasteiger partial charge in [0.2, 0.25) is 0 Å². The lowest BCUT2D eigenvalue weighted by molar-refractivity contribution is 0.476. The highest BCUT2D eigenvalue weighted by atomic mass is 32.2. The number of nitrogens with two attached hydrogens (primary N) is 1. The van der Waals surface area contributed by atoms with E-state index in [1.54, 1.807) is 0 Å². The molecule has 0 aromatic carbocycles. The molecule has 0 rings (SSSR count). The third-order valence-corrected chi connectivity index (χ3v) is 1.46. The van der Waals surface area contributed by atoms with E-state index in [2.05, 4.69) is 6.58 Å². The summed E-state index contributed by atoms with van der Waals surface area (Å²) in [5, 5.41) is -1.36. The van der Waals surface area contributed by atoms with Crippen molar-refractivity contribution in [3.63, 3.8) is 0 Å². The lowest BCUT2D eigenvalue weighted by Gasteiger charge is -1.97. The molecule has 1 unspecified atom stereocenters. The minimum Gasteiger partial charge on any atom is -0.310 e. The Kier molecular flexibility index (Phi) is 2.14. The van der Waals surface area contributed by atoms with E-state index in [4.69, 9.17) is 10.3 Å².